The molecule has 1 aliphatic heterocycles. The summed E-state index contributed by atoms with van der Waals surface area (Å²) in [5.41, 5.74) is 0. The summed E-state index contributed by atoms with van der Waals surface area (Å²) < 4.78 is 27.8. The van der Waals surface area contributed by atoms with E-state index < -0.39 is 10.0 Å². The van der Waals surface area contributed by atoms with Crippen molar-refractivity contribution in [3.05, 3.63) is 64.7 Å². The second-order valence-corrected chi connectivity index (χ2v) is 10.0. The van der Waals surface area contributed by atoms with Gasteiger partial charge in [0, 0.05) is 35.0 Å². The second kappa shape index (κ2) is 7.59. The second-order valence-electron chi connectivity index (χ2n) is 7.19. The van der Waals surface area contributed by atoms with Gasteiger partial charge < -0.3 is 0 Å². The van der Waals surface area contributed by atoms with E-state index in [-0.39, 0.29) is 0 Å². The lowest BCUT2D eigenvalue weighted by molar-refractivity contribution is 0.249. The highest BCUT2D eigenvalue weighted by Gasteiger charge is 2.32. The molecule has 4 rings (SSSR count). The Hall–Kier alpha value is -1.33. The first kappa shape index (κ1) is 19.0. The minimum Gasteiger partial charge on any atom is -0.207 e. The number of fused-ring (bicyclic) bond motifs is 1. The zero-order valence-corrected chi connectivity index (χ0v) is 17.1. The van der Waals surface area contributed by atoms with Crippen molar-refractivity contribution < 1.29 is 8.42 Å². The van der Waals surface area contributed by atoms with Crippen molar-refractivity contribution in [2.75, 3.05) is 13.1 Å². The van der Waals surface area contributed by atoms with Gasteiger partial charge in [-0.25, -0.2) is 8.42 Å². The van der Waals surface area contributed by atoms with E-state index in [1.54, 1.807) is 22.5 Å². The van der Waals surface area contributed by atoms with E-state index in [1.165, 1.54) is 0 Å². The Bertz CT molecular complexity index is 1020. The molecule has 1 heterocycles. The summed E-state index contributed by atoms with van der Waals surface area (Å²) in [7, 11) is -3.50. The van der Waals surface area contributed by atoms with Gasteiger partial charge in [0.05, 0.1) is 4.90 Å². The van der Waals surface area contributed by atoms with Crippen LogP contribution in [0.4, 0.5) is 0 Å². The van der Waals surface area contributed by atoms with Gasteiger partial charge in [0.15, 0.2) is 0 Å². The van der Waals surface area contributed by atoms with E-state index in [2.05, 4.69) is 18.2 Å². The summed E-state index contributed by atoms with van der Waals surface area (Å²) in [4.78, 5) is 0.330. The smallest absolute Gasteiger partial charge is 0.207 e. The molecule has 0 spiro atoms. The largest absolute Gasteiger partial charge is 0.243 e. The molecule has 0 N–H and O–H groups in total. The topological polar surface area (TPSA) is 37.4 Å². The van der Waals surface area contributed by atoms with E-state index in [9.17, 15) is 8.42 Å². The molecule has 1 fully saturated rings. The number of hydrogen-bond acceptors (Lipinski definition) is 2. The number of piperidine rings is 1. The summed E-state index contributed by atoms with van der Waals surface area (Å²) >= 11 is 12.4. The third kappa shape index (κ3) is 3.81. The van der Waals surface area contributed by atoms with Gasteiger partial charge in [-0.1, -0.05) is 59.6 Å². The van der Waals surface area contributed by atoms with E-state index in [1.807, 2.05) is 18.2 Å². The number of nitrogens with zero attached hydrogens (tertiary/aromatic N) is 1. The molecule has 142 valence electrons. The first-order valence-electron chi connectivity index (χ1n) is 9.16. The number of sulfonamides is 1. The van der Waals surface area contributed by atoms with E-state index in [0.29, 0.717) is 34.8 Å². The van der Waals surface area contributed by atoms with Crippen LogP contribution in [0, 0.1) is 11.8 Å². The molecule has 2 aliphatic rings. The van der Waals surface area contributed by atoms with Gasteiger partial charge in [0.2, 0.25) is 10.0 Å². The monoisotopic (exact) mass is 421 g/mol. The lowest BCUT2D eigenvalue weighted by atomic mass is 9.83. The molecule has 1 atom stereocenters. The number of hydrogen-bond donors (Lipinski definition) is 0. The molecular weight excluding hydrogens is 401 g/mol. The minimum atomic E-state index is -3.50. The minimum absolute atomic E-state index is 0.318. The van der Waals surface area contributed by atoms with Crippen molar-refractivity contribution in [1.82, 2.24) is 4.31 Å². The Labute approximate surface area is 170 Å². The predicted molar refractivity (Wildman–Crippen MR) is 112 cm³/mol. The van der Waals surface area contributed by atoms with Gasteiger partial charge in [-0.3, -0.25) is 0 Å². The molecule has 27 heavy (non-hydrogen) atoms. The number of rotatable bonds is 3. The van der Waals surface area contributed by atoms with Crippen molar-refractivity contribution in [2.45, 2.75) is 24.2 Å². The van der Waals surface area contributed by atoms with Crippen LogP contribution in [0.25, 0.3) is 10.8 Å². The molecule has 3 nitrogen and oxygen atoms in total. The van der Waals surface area contributed by atoms with Gasteiger partial charge in [-0.05, 0) is 48.3 Å². The summed E-state index contributed by atoms with van der Waals surface area (Å²) in [6.07, 6.45) is 8.91. The Morgan fingerprint density at radius 2 is 1.81 bits per heavy atom. The number of benzene rings is 2. The maximum absolute atomic E-state index is 13.1. The lowest BCUT2D eigenvalue weighted by Crippen LogP contribution is -2.39. The fraction of sp³-hybridized carbons (Fsp3) is 0.333. The molecule has 2 aromatic rings. The van der Waals surface area contributed by atoms with Gasteiger partial charge >= 0.3 is 0 Å². The third-order valence-electron chi connectivity index (χ3n) is 5.52. The summed E-state index contributed by atoms with van der Waals surface area (Å²) in [5, 5.41) is 3.21. The van der Waals surface area contributed by atoms with Crippen LogP contribution in [-0.2, 0) is 10.0 Å². The molecule has 0 saturated carbocycles. The van der Waals surface area contributed by atoms with Crippen molar-refractivity contribution in [2.24, 2.45) is 11.8 Å². The van der Waals surface area contributed by atoms with E-state index in [4.69, 9.17) is 23.2 Å². The molecule has 0 aromatic heterocycles. The fourth-order valence-corrected chi connectivity index (χ4v) is 5.98. The summed E-state index contributed by atoms with van der Waals surface area (Å²) in [5.74, 6) is 0.760. The Kier molecular flexibility index (Phi) is 5.34. The van der Waals surface area contributed by atoms with Crippen LogP contribution in [-0.4, -0.2) is 25.8 Å². The maximum atomic E-state index is 13.1. The van der Waals surface area contributed by atoms with Crippen LogP contribution in [0.5, 0.6) is 0 Å². The molecule has 6 heteroatoms. The standard InChI is InChI=1S/C21H21Cl2NO2S/c22-18-5-1-3-16(13-18)15-9-11-24(12-10-15)27(25,26)19-7-8-20-17(14-19)4-2-6-21(20)23/h1-4,6-8,13-16H,5,9-12H2. The highest BCUT2D eigenvalue weighted by molar-refractivity contribution is 7.89. The molecule has 0 amide bonds. The summed E-state index contributed by atoms with van der Waals surface area (Å²) in [6, 6.07) is 10.7. The van der Waals surface area contributed by atoms with Gasteiger partial charge in [0.1, 0.15) is 0 Å². The Morgan fingerprint density at radius 1 is 1.04 bits per heavy atom. The first-order valence-corrected chi connectivity index (χ1v) is 11.4. The quantitative estimate of drug-likeness (QED) is 0.605. The van der Waals surface area contributed by atoms with Crippen LogP contribution >= 0.6 is 23.2 Å². The third-order valence-corrected chi connectivity index (χ3v) is 8.03. The molecule has 0 bridgehead atoms. The fourth-order valence-electron chi connectivity index (χ4n) is 4.00. The van der Waals surface area contributed by atoms with Crippen LogP contribution < -0.4 is 0 Å². The van der Waals surface area contributed by atoms with Gasteiger partial charge in [-0.15, -0.1) is 0 Å². The van der Waals surface area contributed by atoms with Gasteiger partial charge in [-0.2, -0.15) is 4.31 Å². The van der Waals surface area contributed by atoms with Crippen molar-refractivity contribution >= 4 is 44.0 Å². The van der Waals surface area contributed by atoms with Crippen molar-refractivity contribution in [3.8, 4) is 0 Å². The van der Waals surface area contributed by atoms with Crippen LogP contribution in [0.1, 0.15) is 19.3 Å². The molecule has 1 aliphatic carbocycles. The normalized spacial score (nSPS) is 22.1. The first-order chi connectivity index (χ1) is 12.9. The average molecular weight is 422 g/mol. The lowest BCUT2D eigenvalue weighted by Gasteiger charge is -2.34. The average Bonchev–Trinajstić information content (AvgIpc) is 2.68. The zero-order chi connectivity index (χ0) is 19.0. The molecule has 1 unspecified atom stereocenters. The molecule has 1 saturated heterocycles. The number of halogens is 2. The number of allylic oxidation sites excluding steroid dienone is 4. The predicted octanol–water partition coefficient (Wildman–Crippen LogP) is 5.59. The van der Waals surface area contributed by atoms with Crippen molar-refractivity contribution in [3.63, 3.8) is 0 Å². The zero-order valence-electron chi connectivity index (χ0n) is 14.8. The van der Waals surface area contributed by atoms with E-state index >= 15 is 0 Å². The van der Waals surface area contributed by atoms with Crippen LogP contribution in [0.3, 0.4) is 0 Å². The van der Waals surface area contributed by atoms with E-state index in [0.717, 1.165) is 35.1 Å². The Morgan fingerprint density at radius 3 is 2.56 bits per heavy atom. The highest BCUT2D eigenvalue weighted by atomic mass is 35.5. The molecule has 0 radical (unpaired) electrons. The van der Waals surface area contributed by atoms with Gasteiger partial charge in [0.25, 0.3) is 0 Å². The molecule has 2 aromatic carbocycles. The SMILES string of the molecule is O=S(=O)(c1ccc2c(Cl)cccc2c1)N1CCC(C2C=CCC(Cl)=C2)CC1. The highest BCUT2D eigenvalue weighted by Crippen LogP contribution is 2.34. The maximum Gasteiger partial charge on any atom is 0.243 e. The molecular formula is C21H21Cl2NO2S. The van der Waals surface area contributed by atoms with Crippen molar-refractivity contribution in [1.29, 1.82) is 0 Å². The van der Waals surface area contributed by atoms with Crippen LogP contribution in [0.2, 0.25) is 5.02 Å². The van der Waals surface area contributed by atoms with Crippen LogP contribution in [0.15, 0.2) is 64.6 Å². The summed E-state index contributed by atoms with van der Waals surface area (Å²) in [6.45, 7) is 1.08. The Balaban J connectivity index is 1.52.